The fourth-order valence-corrected chi connectivity index (χ4v) is 2.39. The van der Waals surface area contributed by atoms with E-state index in [0.29, 0.717) is 23.1 Å². The highest BCUT2D eigenvalue weighted by atomic mass is 79.9. The molecular weight excluding hydrogens is 296 g/mol. The predicted molar refractivity (Wildman–Crippen MR) is 73.8 cm³/mol. The first-order valence-electron chi connectivity index (χ1n) is 5.92. The zero-order valence-corrected chi connectivity index (χ0v) is 12.1. The smallest absolute Gasteiger partial charge is 0.254 e. The Morgan fingerprint density at radius 1 is 1.50 bits per heavy atom. The van der Waals surface area contributed by atoms with Crippen LogP contribution in [0.5, 0.6) is 5.75 Å². The number of hydrogen-bond acceptors (Lipinski definition) is 3. The number of hydrogen-bond donors (Lipinski definition) is 2. The fourth-order valence-electron chi connectivity index (χ4n) is 2.14. The number of carbonyl (C=O) groups excluding carboxylic acids is 1. The van der Waals surface area contributed by atoms with E-state index in [1.807, 2.05) is 4.90 Å². The number of benzene rings is 1. The van der Waals surface area contributed by atoms with E-state index in [9.17, 15) is 9.90 Å². The van der Waals surface area contributed by atoms with Crippen LogP contribution >= 0.6 is 15.9 Å². The minimum atomic E-state index is -0.0642. The van der Waals surface area contributed by atoms with Crippen LogP contribution in [-0.2, 0) is 0 Å². The number of nitrogens with one attached hydrogen (secondary N) is 1. The second-order valence-electron chi connectivity index (χ2n) is 5.20. The molecule has 2 N–H and O–H groups in total. The number of phenols is 1. The fraction of sp³-hybridized carbons (Fsp3) is 0.462. The lowest BCUT2D eigenvalue weighted by atomic mass is 10.0. The average molecular weight is 313 g/mol. The Morgan fingerprint density at radius 2 is 2.22 bits per heavy atom. The van der Waals surface area contributed by atoms with Gasteiger partial charge in [-0.15, -0.1) is 0 Å². The highest BCUT2D eigenvalue weighted by Crippen LogP contribution is 2.25. The maximum atomic E-state index is 12.3. The van der Waals surface area contributed by atoms with Crippen molar-refractivity contribution >= 4 is 21.8 Å². The number of rotatable bonds is 1. The van der Waals surface area contributed by atoms with Crippen LogP contribution in [0, 0.1) is 0 Å². The number of carbonyl (C=O) groups is 1. The third kappa shape index (κ3) is 2.84. The lowest BCUT2D eigenvalue weighted by molar-refractivity contribution is 0.0652. The molecule has 4 nitrogen and oxygen atoms in total. The van der Waals surface area contributed by atoms with Crippen LogP contribution in [0.15, 0.2) is 22.7 Å². The maximum absolute atomic E-state index is 12.3. The standard InChI is InChI=1S/C13H17BrN2O2/c1-13(2)8-16(6-5-15-13)12(18)9-3-4-10(14)11(17)7-9/h3-4,7,15,17H,5-6,8H2,1-2H3. The van der Waals surface area contributed by atoms with Crippen molar-refractivity contribution in [1.29, 1.82) is 0 Å². The Morgan fingerprint density at radius 3 is 2.83 bits per heavy atom. The average Bonchev–Trinajstić information content (AvgIpc) is 2.30. The van der Waals surface area contributed by atoms with E-state index in [-0.39, 0.29) is 17.2 Å². The van der Waals surface area contributed by atoms with Gasteiger partial charge in [0.15, 0.2) is 0 Å². The van der Waals surface area contributed by atoms with Gasteiger partial charge in [-0.05, 0) is 48.0 Å². The third-order valence-electron chi connectivity index (χ3n) is 3.05. The van der Waals surface area contributed by atoms with E-state index in [4.69, 9.17) is 0 Å². The van der Waals surface area contributed by atoms with Gasteiger partial charge < -0.3 is 15.3 Å². The van der Waals surface area contributed by atoms with Crippen molar-refractivity contribution in [3.05, 3.63) is 28.2 Å². The number of aromatic hydroxyl groups is 1. The Hall–Kier alpha value is -1.07. The van der Waals surface area contributed by atoms with Crippen LogP contribution in [-0.4, -0.2) is 41.1 Å². The molecule has 1 heterocycles. The van der Waals surface area contributed by atoms with E-state index in [1.165, 1.54) is 6.07 Å². The minimum absolute atomic E-state index is 0.0348. The Kier molecular flexibility index (Phi) is 3.64. The molecule has 1 aromatic carbocycles. The molecule has 1 amide bonds. The van der Waals surface area contributed by atoms with E-state index in [2.05, 4.69) is 35.1 Å². The van der Waals surface area contributed by atoms with Gasteiger partial charge in [-0.2, -0.15) is 0 Å². The van der Waals surface area contributed by atoms with Gasteiger partial charge in [0.05, 0.1) is 4.47 Å². The summed E-state index contributed by atoms with van der Waals surface area (Å²) in [6, 6.07) is 4.92. The molecule has 5 heteroatoms. The number of piperazine rings is 1. The highest BCUT2D eigenvalue weighted by molar-refractivity contribution is 9.10. The quantitative estimate of drug-likeness (QED) is 0.833. The second-order valence-corrected chi connectivity index (χ2v) is 6.06. The van der Waals surface area contributed by atoms with E-state index in [0.717, 1.165) is 6.54 Å². The van der Waals surface area contributed by atoms with Gasteiger partial charge in [0, 0.05) is 30.7 Å². The van der Waals surface area contributed by atoms with Gasteiger partial charge in [-0.25, -0.2) is 0 Å². The monoisotopic (exact) mass is 312 g/mol. The zero-order valence-electron chi connectivity index (χ0n) is 10.5. The molecule has 0 saturated carbocycles. The maximum Gasteiger partial charge on any atom is 0.254 e. The molecule has 1 aliphatic heterocycles. The largest absolute Gasteiger partial charge is 0.507 e. The van der Waals surface area contributed by atoms with Crippen LogP contribution in [0.1, 0.15) is 24.2 Å². The van der Waals surface area contributed by atoms with Crippen molar-refractivity contribution in [1.82, 2.24) is 10.2 Å². The van der Waals surface area contributed by atoms with Gasteiger partial charge in [0.1, 0.15) is 5.75 Å². The molecule has 98 valence electrons. The molecule has 1 aromatic rings. The molecule has 0 aliphatic carbocycles. The highest BCUT2D eigenvalue weighted by Gasteiger charge is 2.29. The topological polar surface area (TPSA) is 52.6 Å². The Labute approximate surface area is 115 Å². The summed E-state index contributed by atoms with van der Waals surface area (Å²) in [5, 5.41) is 13.0. The molecule has 0 bridgehead atoms. The van der Waals surface area contributed by atoms with Crippen LogP contribution in [0.2, 0.25) is 0 Å². The van der Waals surface area contributed by atoms with Gasteiger partial charge in [-0.1, -0.05) is 0 Å². The summed E-state index contributed by atoms with van der Waals surface area (Å²) in [5.74, 6) is 0.0580. The molecule has 0 spiro atoms. The lowest BCUT2D eigenvalue weighted by Crippen LogP contribution is -2.58. The van der Waals surface area contributed by atoms with Crippen LogP contribution in [0.4, 0.5) is 0 Å². The Balaban J connectivity index is 2.18. The summed E-state index contributed by atoms with van der Waals surface area (Å²) in [4.78, 5) is 14.1. The third-order valence-corrected chi connectivity index (χ3v) is 3.72. The van der Waals surface area contributed by atoms with Crippen LogP contribution in [0.3, 0.4) is 0 Å². The Bertz CT molecular complexity index is 474. The van der Waals surface area contributed by atoms with E-state index in [1.54, 1.807) is 12.1 Å². The predicted octanol–water partition coefficient (Wildman–Crippen LogP) is 1.98. The second kappa shape index (κ2) is 4.90. The zero-order chi connectivity index (χ0) is 13.3. The molecule has 1 aliphatic rings. The van der Waals surface area contributed by atoms with Gasteiger partial charge in [-0.3, -0.25) is 4.79 Å². The van der Waals surface area contributed by atoms with Crippen molar-refractivity contribution in [3.63, 3.8) is 0 Å². The molecule has 0 atom stereocenters. The number of amides is 1. The molecule has 18 heavy (non-hydrogen) atoms. The summed E-state index contributed by atoms with van der Waals surface area (Å²) in [6.07, 6.45) is 0. The lowest BCUT2D eigenvalue weighted by Gasteiger charge is -2.39. The van der Waals surface area contributed by atoms with Gasteiger partial charge in [0.25, 0.3) is 5.91 Å². The van der Waals surface area contributed by atoms with Crippen molar-refractivity contribution in [3.8, 4) is 5.75 Å². The van der Waals surface area contributed by atoms with Gasteiger partial charge >= 0.3 is 0 Å². The first-order chi connectivity index (χ1) is 8.39. The molecule has 0 radical (unpaired) electrons. The van der Waals surface area contributed by atoms with Crippen LogP contribution < -0.4 is 5.32 Å². The normalized spacial score (nSPS) is 18.7. The van der Waals surface area contributed by atoms with Gasteiger partial charge in [0.2, 0.25) is 0 Å². The first kappa shape index (κ1) is 13.4. The molecule has 1 saturated heterocycles. The van der Waals surface area contributed by atoms with Crippen molar-refractivity contribution in [2.45, 2.75) is 19.4 Å². The molecule has 2 rings (SSSR count). The number of phenolic OH excluding ortho intramolecular Hbond substituents is 1. The van der Waals surface area contributed by atoms with Crippen molar-refractivity contribution in [2.75, 3.05) is 19.6 Å². The summed E-state index contributed by atoms with van der Waals surface area (Å²) in [6.45, 7) is 6.31. The SMILES string of the molecule is CC1(C)CN(C(=O)c2ccc(Br)c(O)c2)CCN1. The summed E-state index contributed by atoms with van der Waals surface area (Å²) in [5.41, 5.74) is 0.457. The van der Waals surface area contributed by atoms with E-state index < -0.39 is 0 Å². The number of halogens is 1. The minimum Gasteiger partial charge on any atom is -0.507 e. The number of nitrogens with zero attached hydrogens (tertiary/aromatic N) is 1. The van der Waals surface area contributed by atoms with Crippen molar-refractivity contribution in [2.24, 2.45) is 0 Å². The molecule has 0 aromatic heterocycles. The molecule has 1 fully saturated rings. The first-order valence-corrected chi connectivity index (χ1v) is 6.71. The molecular formula is C13H17BrN2O2. The summed E-state index contributed by atoms with van der Waals surface area (Å²) < 4.78 is 0.597. The van der Waals surface area contributed by atoms with E-state index >= 15 is 0 Å². The van der Waals surface area contributed by atoms with Crippen LogP contribution in [0.25, 0.3) is 0 Å². The molecule has 0 unspecified atom stereocenters. The summed E-state index contributed by atoms with van der Waals surface area (Å²) in [7, 11) is 0. The summed E-state index contributed by atoms with van der Waals surface area (Å²) >= 11 is 3.21. The van der Waals surface area contributed by atoms with Crippen molar-refractivity contribution < 1.29 is 9.90 Å².